The first kappa shape index (κ1) is 11.9. The van der Waals surface area contributed by atoms with Gasteiger partial charge in [-0.15, -0.1) is 0 Å². The molecule has 0 radical (unpaired) electrons. The Morgan fingerprint density at radius 2 is 1.82 bits per heavy atom. The third kappa shape index (κ3) is 2.94. The van der Waals surface area contributed by atoms with Crippen molar-refractivity contribution in [1.82, 2.24) is 10.5 Å². The third-order valence-electron chi connectivity index (χ3n) is 2.92. The van der Waals surface area contributed by atoms with Gasteiger partial charge in [0.05, 0.1) is 12.2 Å². The van der Waals surface area contributed by atoms with Crippen LogP contribution in [0.2, 0.25) is 0 Å². The normalized spacial score (nSPS) is 10.8. The Kier molecular flexibility index (Phi) is 3.59. The van der Waals surface area contributed by atoms with Crippen molar-refractivity contribution in [3.63, 3.8) is 0 Å². The Balaban J connectivity index is 1.94. The summed E-state index contributed by atoms with van der Waals surface area (Å²) in [6, 6.07) is 8.33. The number of hydrogen-bond donors (Lipinski definition) is 1. The lowest BCUT2D eigenvalue weighted by Crippen LogP contribution is -2.14. The monoisotopic (exact) mass is 230 g/mol. The van der Waals surface area contributed by atoms with Crippen LogP contribution in [0.1, 0.15) is 28.1 Å². The van der Waals surface area contributed by atoms with Crippen LogP contribution >= 0.6 is 0 Å². The van der Waals surface area contributed by atoms with Gasteiger partial charge in [0.2, 0.25) is 0 Å². The molecular formula is C14H18N2O. The van der Waals surface area contributed by atoms with Gasteiger partial charge in [0.1, 0.15) is 0 Å². The Labute approximate surface area is 102 Å². The maximum Gasteiger partial charge on any atom is 0.150 e. The summed E-state index contributed by atoms with van der Waals surface area (Å²) in [5.74, 6) is 0.883. The smallest absolute Gasteiger partial charge is 0.150 e. The van der Waals surface area contributed by atoms with Crippen LogP contribution in [0.15, 0.2) is 28.8 Å². The second kappa shape index (κ2) is 5.15. The van der Waals surface area contributed by atoms with Crippen molar-refractivity contribution in [3.05, 3.63) is 52.4 Å². The van der Waals surface area contributed by atoms with Crippen LogP contribution in [-0.2, 0) is 13.1 Å². The molecule has 1 N–H and O–H groups in total. The first-order valence-corrected chi connectivity index (χ1v) is 5.85. The van der Waals surface area contributed by atoms with Crippen LogP contribution in [0.3, 0.4) is 0 Å². The molecule has 90 valence electrons. The molecule has 1 aromatic heterocycles. The minimum atomic E-state index is 0.717. The van der Waals surface area contributed by atoms with Crippen molar-refractivity contribution < 1.29 is 4.52 Å². The van der Waals surface area contributed by atoms with E-state index < -0.39 is 0 Å². The van der Waals surface area contributed by atoms with E-state index in [2.05, 4.69) is 42.5 Å². The fraction of sp³-hybridized carbons (Fsp3) is 0.357. The molecule has 0 amide bonds. The van der Waals surface area contributed by atoms with Gasteiger partial charge in [-0.25, -0.2) is 0 Å². The van der Waals surface area contributed by atoms with Gasteiger partial charge in [-0.2, -0.15) is 0 Å². The lowest BCUT2D eigenvalue weighted by Gasteiger charge is -2.09. The van der Waals surface area contributed by atoms with Crippen molar-refractivity contribution in [2.45, 2.75) is 33.9 Å². The molecule has 0 spiro atoms. The molecule has 0 unspecified atom stereocenters. The summed E-state index contributed by atoms with van der Waals surface area (Å²) in [6.07, 6.45) is 0. The van der Waals surface area contributed by atoms with Crippen molar-refractivity contribution in [2.75, 3.05) is 0 Å². The Bertz CT molecular complexity index is 482. The van der Waals surface area contributed by atoms with Gasteiger partial charge in [0, 0.05) is 12.6 Å². The fourth-order valence-electron chi connectivity index (χ4n) is 1.94. The maximum atomic E-state index is 5.15. The van der Waals surface area contributed by atoms with Gasteiger partial charge in [0.25, 0.3) is 0 Å². The highest BCUT2D eigenvalue weighted by Crippen LogP contribution is 2.13. The molecule has 0 aliphatic heterocycles. The van der Waals surface area contributed by atoms with Crippen molar-refractivity contribution in [3.8, 4) is 0 Å². The molecule has 1 aromatic carbocycles. The maximum absolute atomic E-state index is 5.15. The Morgan fingerprint density at radius 3 is 2.41 bits per heavy atom. The summed E-state index contributed by atoms with van der Waals surface area (Å²) in [5.41, 5.74) is 4.94. The number of nitrogens with zero attached hydrogens (tertiary/aromatic N) is 1. The number of aromatic nitrogens is 1. The van der Waals surface area contributed by atoms with Crippen molar-refractivity contribution in [1.29, 1.82) is 0 Å². The van der Waals surface area contributed by atoms with Crippen LogP contribution < -0.4 is 5.32 Å². The highest BCUT2D eigenvalue weighted by atomic mass is 16.5. The predicted molar refractivity (Wildman–Crippen MR) is 67.7 cm³/mol. The molecule has 0 atom stereocenters. The third-order valence-corrected chi connectivity index (χ3v) is 2.92. The number of rotatable bonds is 4. The number of nitrogens with one attached hydrogen (secondary N) is 1. The summed E-state index contributed by atoms with van der Waals surface area (Å²) in [7, 11) is 0. The summed E-state index contributed by atoms with van der Waals surface area (Å²) >= 11 is 0. The predicted octanol–water partition coefficient (Wildman–Crippen LogP) is 2.89. The number of aryl methyl sites for hydroxylation is 3. The van der Waals surface area contributed by atoms with Crippen molar-refractivity contribution >= 4 is 0 Å². The Morgan fingerprint density at radius 1 is 1.12 bits per heavy atom. The van der Waals surface area contributed by atoms with Gasteiger partial charge < -0.3 is 9.84 Å². The average molecular weight is 230 g/mol. The lowest BCUT2D eigenvalue weighted by molar-refractivity contribution is 0.369. The number of hydrogen-bond acceptors (Lipinski definition) is 3. The molecule has 3 heteroatoms. The highest BCUT2D eigenvalue weighted by molar-refractivity contribution is 5.33. The van der Waals surface area contributed by atoms with Crippen molar-refractivity contribution in [2.24, 2.45) is 0 Å². The van der Waals surface area contributed by atoms with E-state index in [1.807, 2.05) is 13.0 Å². The second-order valence-corrected chi connectivity index (χ2v) is 4.41. The second-order valence-electron chi connectivity index (χ2n) is 4.41. The van der Waals surface area contributed by atoms with Gasteiger partial charge in [0.15, 0.2) is 5.76 Å². The first-order valence-electron chi connectivity index (χ1n) is 5.85. The van der Waals surface area contributed by atoms with E-state index in [-0.39, 0.29) is 0 Å². The van der Waals surface area contributed by atoms with Gasteiger partial charge >= 0.3 is 0 Å². The van der Waals surface area contributed by atoms with E-state index in [1.165, 1.54) is 16.7 Å². The fourth-order valence-corrected chi connectivity index (χ4v) is 1.94. The standard InChI is InChI=1S/C14H18N2O/c1-10-5-4-6-11(2)14(10)9-15-8-13-7-12(3)16-17-13/h4-7,15H,8-9H2,1-3H3. The van der Waals surface area contributed by atoms with E-state index in [4.69, 9.17) is 4.52 Å². The lowest BCUT2D eigenvalue weighted by atomic mass is 10.0. The molecule has 0 bridgehead atoms. The molecule has 0 aliphatic carbocycles. The van der Waals surface area contributed by atoms with Crippen LogP contribution in [0.25, 0.3) is 0 Å². The van der Waals surface area contributed by atoms with Crippen LogP contribution in [-0.4, -0.2) is 5.16 Å². The van der Waals surface area contributed by atoms with Gasteiger partial charge in [-0.1, -0.05) is 23.4 Å². The summed E-state index contributed by atoms with van der Waals surface area (Å²) in [5, 5.41) is 7.24. The topological polar surface area (TPSA) is 38.1 Å². The van der Waals surface area contributed by atoms with Crippen LogP contribution in [0.4, 0.5) is 0 Å². The number of benzene rings is 1. The zero-order valence-corrected chi connectivity index (χ0v) is 10.6. The summed E-state index contributed by atoms with van der Waals surface area (Å²) in [6.45, 7) is 7.79. The molecule has 0 saturated heterocycles. The SMILES string of the molecule is Cc1cc(CNCc2c(C)cccc2C)on1. The average Bonchev–Trinajstić information content (AvgIpc) is 2.69. The van der Waals surface area contributed by atoms with E-state index in [0.29, 0.717) is 6.54 Å². The van der Waals surface area contributed by atoms with Crippen LogP contribution in [0.5, 0.6) is 0 Å². The molecule has 2 aromatic rings. The van der Waals surface area contributed by atoms with E-state index >= 15 is 0 Å². The molecular weight excluding hydrogens is 212 g/mol. The molecule has 17 heavy (non-hydrogen) atoms. The zero-order chi connectivity index (χ0) is 12.3. The van der Waals surface area contributed by atoms with E-state index in [1.54, 1.807) is 0 Å². The van der Waals surface area contributed by atoms with Crippen LogP contribution in [0, 0.1) is 20.8 Å². The summed E-state index contributed by atoms with van der Waals surface area (Å²) in [4.78, 5) is 0. The van der Waals surface area contributed by atoms with E-state index in [0.717, 1.165) is 18.0 Å². The molecule has 0 saturated carbocycles. The molecule has 1 heterocycles. The minimum Gasteiger partial charge on any atom is -0.360 e. The largest absolute Gasteiger partial charge is 0.360 e. The molecule has 2 rings (SSSR count). The highest BCUT2D eigenvalue weighted by Gasteiger charge is 2.03. The zero-order valence-electron chi connectivity index (χ0n) is 10.6. The van der Waals surface area contributed by atoms with E-state index in [9.17, 15) is 0 Å². The van der Waals surface area contributed by atoms with Gasteiger partial charge in [-0.05, 0) is 37.5 Å². The minimum absolute atomic E-state index is 0.717. The molecule has 0 fully saturated rings. The first-order chi connectivity index (χ1) is 8.16. The molecule has 3 nitrogen and oxygen atoms in total. The molecule has 0 aliphatic rings. The Hall–Kier alpha value is -1.61. The quantitative estimate of drug-likeness (QED) is 0.877. The summed E-state index contributed by atoms with van der Waals surface area (Å²) < 4.78 is 5.15. The van der Waals surface area contributed by atoms with Gasteiger partial charge in [-0.3, -0.25) is 0 Å².